The maximum absolute atomic E-state index is 13.0. The summed E-state index contributed by atoms with van der Waals surface area (Å²) >= 11 is 0. The normalized spacial score (nSPS) is 20.7. The van der Waals surface area contributed by atoms with Gasteiger partial charge in [-0.3, -0.25) is 9.69 Å². The van der Waals surface area contributed by atoms with Crippen molar-refractivity contribution >= 4 is 11.7 Å². The van der Waals surface area contributed by atoms with E-state index in [9.17, 15) is 4.79 Å². The Balaban J connectivity index is 1.42. The van der Waals surface area contributed by atoms with Gasteiger partial charge in [-0.15, -0.1) is 0 Å². The molecule has 0 spiro atoms. The Kier molecular flexibility index (Phi) is 6.42. The van der Waals surface area contributed by atoms with Crippen molar-refractivity contribution in [2.45, 2.75) is 19.4 Å². The summed E-state index contributed by atoms with van der Waals surface area (Å²) in [5, 5.41) is 3.59. The summed E-state index contributed by atoms with van der Waals surface area (Å²) in [6.07, 6.45) is 2.94. The Labute approximate surface area is 173 Å². The highest BCUT2D eigenvalue weighted by Gasteiger charge is 2.24. The van der Waals surface area contributed by atoms with Gasteiger partial charge in [0.1, 0.15) is 5.82 Å². The van der Waals surface area contributed by atoms with Crippen molar-refractivity contribution < 1.29 is 4.79 Å². The second kappa shape index (κ2) is 9.37. The average molecular weight is 394 g/mol. The van der Waals surface area contributed by atoms with Gasteiger partial charge in [0, 0.05) is 63.6 Å². The fourth-order valence-corrected chi connectivity index (χ4v) is 4.26. The first-order chi connectivity index (χ1) is 14.2. The highest BCUT2D eigenvalue weighted by molar-refractivity contribution is 5.95. The zero-order valence-corrected chi connectivity index (χ0v) is 17.3. The lowest BCUT2D eigenvalue weighted by molar-refractivity contribution is 0.0637. The second-order valence-electron chi connectivity index (χ2n) is 7.90. The number of nitrogens with one attached hydrogen (secondary N) is 1. The number of anilines is 1. The van der Waals surface area contributed by atoms with E-state index >= 15 is 0 Å². The first-order valence-electron chi connectivity index (χ1n) is 10.8. The Morgan fingerprint density at radius 1 is 1.10 bits per heavy atom. The molecule has 2 aliphatic rings. The number of hydrogen-bond donors (Lipinski definition) is 1. The summed E-state index contributed by atoms with van der Waals surface area (Å²) in [4.78, 5) is 24.3. The van der Waals surface area contributed by atoms with Crippen LogP contribution in [0.1, 0.15) is 35.3 Å². The van der Waals surface area contributed by atoms with Crippen molar-refractivity contribution in [3.8, 4) is 0 Å². The van der Waals surface area contributed by atoms with Gasteiger partial charge in [-0.25, -0.2) is 4.98 Å². The zero-order chi connectivity index (χ0) is 20.1. The third-order valence-corrected chi connectivity index (χ3v) is 5.89. The predicted octanol–water partition coefficient (Wildman–Crippen LogP) is 2.40. The molecule has 2 fully saturated rings. The summed E-state index contributed by atoms with van der Waals surface area (Å²) in [5.41, 5.74) is 2.03. The van der Waals surface area contributed by atoms with Crippen LogP contribution in [0.2, 0.25) is 0 Å². The zero-order valence-electron chi connectivity index (χ0n) is 17.3. The van der Waals surface area contributed by atoms with Crippen molar-refractivity contribution in [1.29, 1.82) is 0 Å². The van der Waals surface area contributed by atoms with Crippen LogP contribution in [-0.4, -0.2) is 73.0 Å². The maximum atomic E-state index is 13.0. The largest absolute Gasteiger partial charge is 0.353 e. The minimum Gasteiger partial charge on any atom is -0.353 e. The fraction of sp³-hybridized carbons (Fsp3) is 0.478. The number of nitrogens with zero attached hydrogens (tertiary/aromatic N) is 4. The molecule has 154 valence electrons. The summed E-state index contributed by atoms with van der Waals surface area (Å²) < 4.78 is 0. The number of rotatable bonds is 5. The summed E-state index contributed by atoms with van der Waals surface area (Å²) in [6.45, 7) is 9.51. The number of aromatic nitrogens is 1. The topological polar surface area (TPSA) is 51.7 Å². The van der Waals surface area contributed by atoms with Crippen LogP contribution in [0.3, 0.4) is 0 Å². The van der Waals surface area contributed by atoms with E-state index in [-0.39, 0.29) is 11.9 Å². The lowest BCUT2D eigenvalue weighted by Gasteiger charge is -2.36. The van der Waals surface area contributed by atoms with Crippen LogP contribution in [0.15, 0.2) is 48.7 Å². The first kappa shape index (κ1) is 19.9. The molecule has 4 rings (SSSR count). The molecule has 1 N–H and O–H groups in total. The maximum Gasteiger partial charge on any atom is 0.254 e. The summed E-state index contributed by atoms with van der Waals surface area (Å²) in [7, 11) is 0. The van der Waals surface area contributed by atoms with Gasteiger partial charge in [-0.05, 0) is 30.7 Å². The van der Waals surface area contributed by atoms with Crippen LogP contribution in [0.5, 0.6) is 0 Å². The Bertz CT molecular complexity index is 804. The minimum absolute atomic E-state index is 0.125. The molecule has 0 aliphatic carbocycles. The molecule has 0 unspecified atom stereocenters. The fourth-order valence-electron chi connectivity index (χ4n) is 4.26. The standard InChI is InChI=1S/C23H31N5O/c1-2-11-26-13-15-27(16-14-26)23(29)20-8-9-25-22(17-20)28-12-10-24-21(18-28)19-6-4-3-5-7-19/h3-9,17,21,24H,2,10-16,18H2,1H3/t21-/m0/s1. The molecule has 2 aliphatic heterocycles. The van der Waals surface area contributed by atoms with Gasteiger partial charge in [0.05, 0.1) is 0 Å². The van der Waals surface area contributed by atoms with Crippen LogP contribution < -0.4 is 10.2 Å². The number of carbonyl (C=O) groups excluding carboxylic acids is 1. The van der Waals surface area contributed by atoms with Gasteiger partial charge >= 0.3 is 0 Å². The van der Waals surface area contributed by atoms with Gasteiger partial charge in [0.2, 0.25) is 0 Å². The number of benzene rings is 1. The van der Waals surface area contributed by atoms with Gasteiger partial charge in [-0.2, -0.15) is 0 Å². The molecule has 6 heteroatoms. The van der Waals surface area contributed by atoms with E-state index < -0.39 is 0 Å². The smallest absolute Gasteiger partial charge is 0.254 e. The molecule has 0 bridgehead atoms. The molecule has 2 aromatic rings. The molecule has 1 atom stereocenters. The van der Waals surface area contributed by atoms with E-state index in [1.807, 2.05) is 23.1 Å². The highest BCUT2D eigenvalue weighted by Crippen LogP contribution is 2.22. The van der Waals surface area contributed by atoms with E-state index in [1.165, 1.54) is 5.56 Å². The molecule has 2 saturated heterocycles. The van der Waals surface area contributed by atoms with Crippen LogP contribution in [0.4, 0.5) is 5.82 Å². The molecule has 1 amide bonds. The van der Waals surface area contributed by atoms with E-state index in [2.05, 4.69) is 51.3 Å². The number of pyridine rings is 1. The second-order valence-corrected chi connectivity index (χ2v) is 7.90. The SMILES string of the molecule is CCCN1CCN(C(=O)c2ccnc(N3CCN[C@H](c4ccccc4)C3)c2)CC1. The van der Waals surface area contributed by atoms with Crippen LogP contribution >= 0.6 is 0 Å². The summed E-state index contributed by atoms with van der Waals surface area (Å²) in [5.74, 6) is 1.02. The van der Waals surface area contributed by atoms with Crippen molar-refractivity contribution in [2.75, 3.05) is 57.3 Å². The minimum atomic E-state index is 0.125. The van der Waals surface area contributed by atoms with Crippen LogP contribution in [0, 0.1) is 0 Å². The van der Waals surface area contributed by atoms with Crippen molar-refractivity contribution in [3.05, 3.63) is 59.8 Å². The number of piperazine rings is 2. The third-order valence-electron chi connectivity index (χ3n) is 5.89. The molecular weight excluding hydrogens is 362 g/mol. The van der Waals surface area contributed by atoms with Crippen molar-refractivity contribution in [1.82, 2.24) is 20.1 Å². The van der Waals surface area contributed by atoms with E-state index in [0.29, 0.717) is 0 Å². The van der Waals surface area contributed by atoms with Gasteiger partial charge in [-0.1, -0.05) is 37.3 Å². The first-order valence-corrected chi connectivity index (χ1v) is 10.8. The number of hydrogen-bond acceptors (Lipinski definition) is 5. The van der Waals surface area contributed by atoms with Crippen molar-refractivity contribution in [2.24, 2.45) is 0 Å². The van der Waals surface area contributed by atoms with E-state index in [0.717, 1.165) is 70.2 Å². The molecule has 0 saturated carbocycles. The quantitative estimate of drug-likeness (QED) is 0.845. The number of amides is 1. The molecule has 29 heavy (non-hydrogen) atoms. The van der Waals surface area contributed by atoms with Gasteiger partial charge < -0.3 is 15.1 Å². The highest BCUT2D eigenvalue weighted by atomic mass is 16.2. The average Bonchev–Trinajstić information content (AvgIpc) is 2.80. The van der Waals surface area contributed by atoms with E-state index in [1.54, 1.807) is 6.20 Å². The van der Waals surface area contributed by atoms with Crippen LogP contribution in [-0.2, 0) is 0 Å². The van der Waals surface area contributed by atoms with Crippen LogP contribution in [0.25, 0.3) is 0 Å². The Hall–Kier alpha value is -2.44. The van der Waals surface area contributed by atoms with Gasteiger partial charge in [0.25, 0.3) is 5.91 Å². The molecule has 1 aromatic heterocycles. The molecular formula is C23H31N5O. The monoisotopic (exact) mass is 393 g/mol. The van der Waals surface area contributed by atoms with Crippen molar-refractivity contribution in [3.63, 3.8) is 0 Å². The third kappa shape index (κ3) is 4.77. The number of carbonyl (C=O) groups is 1. The Morgan fingerprint density at radius 2 is 1.90 bits per heavy atom. The molecule has 3 heterocycles. The molecule has 6 nitrogen and oxygen atoms in total. The lowest BCUT2D eigenvalue weighted by Crippen LogP contribution is -2.49. The summed E-state index contributed by atoms with van der Waals surface area (Å²) in [6, 6.07) is 14.6. The van der Waals surface area contributed by atoms with E-state index in [4.69, 9.17) is 0 Å². The Morgan fingerprint density at radius 3 is 2.66 bits per heavy atom. The molecule has 0 radical (unpaired) electrons. The lowest BCUT2D eigenvalue weighted by atomic mass is 10.0. The van der Waals surface area contributed by atoms with Gasteiger partial charge in [0.15, 0.2) is 0 Å². The predicted molar refractivity (Wildman–Crippen MR) is 116 cm³/mol. The molecule has 1 aromatic carbocycles.